The second-order valence-corrected chi connectivity index (χ2v) is 5.84. The third kappa shape index (κ3) is 3.07. The Balaban J connectivity index is 3.02. The molecule has 7 heteroatoms. The molecule has 0 spiro atoms. The zero-order valence-corrected chi connectivity index (χ0v) is 11.4. The van der Waals surface area contributed by atoms with Crippen LogP contribution in [0, 0.1) is 0 Å². The fourth-order valence-electron chi connectivity index (χ4n) is 1.07. The molecule has 1 aromatic heterocycles. The fraction of sp³-hybridized carbons (Fsp3) is 0.556. The summed E-state index contributed by atoms with van der Waals surface area (Å²) in [5, 5.41) is 8.84. The van der Waals surface area contributed by atoms with Gasteiger partial charge in [0.25, 0.3) is 0 Å². The largest absolute Gasteiger partial charge is 0.450 e. The number of hydrogen-bond acceptors (Lipinski definition) is 4. The highest BCUT2D eigenvalue weighted by Crippen LogP contribution is 2.26. The van der Waals surface area contributed by atoms with Crippen molar-refractivity contribution in [1.29, 1.82) is 0 Å². The zero-order valence-electron chi connectivity index (χ0n) is 9.03. The predicted octanol–water partition coefficient (Wildman–Crippen LogP) is 1.61. The molecule has 0 aliphatic heterocycles. The van der Waals surface area contributed by atoms with E-state index in [-0.39, 0.29) is 28.0 Å². The Labute approximate surface area is 103 Å². The second kappa shape index (κ2) is 5.31. The van der Waals surface area contributed by atoms with Gasteiger partial charge in [0.05, 0.1) is 0 Å². The van der Waals surface area contributed by atoms with E-state index >= 15 is 0 Å². The average Bonchev–Trinajstić information content (AvgIpc) is 2.59. The monoisotopic (exact) mass is 311 g/mol. The van der Waals surface area contributed by atoms with Crippen LogP contribution in [0.3, 0.4) is 0 Å². The summed E-state index contributed by atoms with van der Waals surface area (Å²) < 4.78 is 31.4. The van der Waals surface area contributed by atoms with Crippen molar-refractivity contribution < 1.29 is 17.9 Å². The first-order chi connectivity index (χ1) is 7.40. The molecule has 1 atom stereocenters. The van der Waals surface area contributed by atoms with Crippen LogP contribution in [-0.2, 0) is 16.6 Å². The van der Waals surface area contributed by atoms with Crippen molar-refractivity contribution in [3.8, 4) is 0 Å². The lowest BCUT2D eigenvalue weighted by atomic mass is 10.3. The summed E-state index contributed by atoms with van der Waals surface area (Å²) in [6.07, 6.45) is 0.696. The lowest BCUT2D eigenvalue weighted by Gasteiger charge is -2.10. The lowest BCUT2D eigenvalue weighted by Crippen LogP contribution is -2.31. The van der Waals surface area contributed by atoms with Crippen LogP contribution in [0.5, 0.6) is 0 Å². The highest BCUT2D eigenvalue weighted by atomic mass is 79.9. The van der Waals surface area contributed by atoms with Crippen molar-refractivity contribution in [2.75, 3.05) is 0 Å². The first-order valence-electron chi connectivity index (χ1n) is 4.82. The van der Waals surface area contributed by atoms with Gasteiger partial charge in [-0.1, -0.05) is 6.92 Å². The molecule has 0 fully saturated rings. The maximum Gasteiger partial charge on any atom is 0.245 e. The fourth-order valence-corrected chi connectivity index (χ4v) is 3.40. The van der Waals surface area contributed by atoms with E-state index in [0.717, 1.165) is 0 Å². The Hall–Kier alpha value is -0.370. The van der Waals surface area contributed by atoms with Crippen molar-refractivity contribution in [3.05, 3.63) is 16.5 Å². The van der Waals surface area contributed by atoms with E-state index in [0.29, 0.717) is 6.42 Å². The molecule has 1 unspecified atom stereocenters. The van der Waals surface area contributed by atoms with Gasteiger partial charge in [-0.05, 0) is 29.3 Å². The van der Waals surface area contributed by atoms with Gasteiger partial charge in [0.2, 0.25) is 10.0 Å². The summed E-state index contributed by atoms with van der Waals surface area (Å²) in [6, 6.07) is 1.15. The third-order valence-electron chi connectivity index (χ3n) is 2.12. The van der Waals surface area contributed by atoms with Gasteiger partial charge in [-0.3, -0.25) is 0 Å². The number of aliphatic hydroxyl groups is 1. The van der Waals surface area contributed by atoms with E-state index in [9.17, 15) is 8.42 Å². The quantitative estimate of drug-likeness (QED) is 0.866. The maximum absolute atomic E-state index is 11.9. The van der Waals surface area contributed by atoms with E-state index in [1.54, 1.807) is 6.92 Å². The molecular formula is C9H14BrNO4S. The number of nitrogens with one attached hydrogen (secondary N) is 1. The zero-order chi connectivity index (χ0) is 12.3. The second-order valence-electron chi connectivity index (χ2n) is 3.44. The van der Waals surface area contributed by atoms with E-state index in [2.05, 4.69) is 20.7 Å². The SMILES string of the molecule is CCC(C)NS(=O)(=O)c1cc(CO)oc1Br. The van der Waals surface area contributed by atoms with Crippen LogP contribution in [0.15, 0.2) is 20.0 Å². The van der Waals surface area contributed by atoms with Crippen molar-refractivity contribution in [2.45, 2.75) is 37.8 Å². The summed E-state index contributed by atoms with van der Waals surface area (Å²) in [5.74, 6) is 0.205. The van der Waals surface area contributed by atoms with E-state index in [1.165, 1.54) is 6.07 Å². The first-order valence-corrected chi connectivity index (χ1v) is 7.09. The Morgan fingerprint density at radius 2 is 2.25 bits per heavy atom. The molecule has 16 heavy (non-hydrogen) atoms. The van der Waals surface area contributed by atoms with Gasteiger partial charge in [0.15, 0.2) is 4.67 Å². The molecule has 0 bridgehead atoms. The van der Waals surface area contributed by atoms with Crippen molar-refractivity contribution in [2.24, 2.45) is 0 Å². The summed E-state index contributed by atoms with van der Waals surface area (Å²) in [5.41, 5.74) is 0. The third-order valence-corrected chi connectivity index (χ3v) is 4.57. The molecule has 0 saturated heterocycles. The van der Waals surface area contributed by atoms with Gasteiger partial charge < -0.3 is 9.52 Å². The Bertz CT molecular complexity index is 454. The van der Waals surface area contributed by atoms with Gasteiger partial charge in [-0.15, -0.1) is 0 Å². The van der Waals surface area contributed by atoms with Gasteiger partial charge in [0, 0.05) is 12.1 Å². The number of halogens is 1. The average molecular weight is 312 g/mol. The van der Waals surface area contributed by atoms with Crippen LogP contribution >= 0.6 is 15.9 Å². The van der Waals surface area contributed by atoms with Crippen LogP contribution in [0.2, 0.25) is 0 Å². The Kier molecular flexibility index (Phi) is 4.54. The molecular weight excluding hydrogens is 298 g/mol. The van der Waals surface area contributed by atoms with Gasteiger partial charge in [0.1, 0.15) is 17.3 Å². The van der Waals surface area contributed by atoms with E-state index < -0.39 is 10.0 Å². The summed E-state index contributed by atoms with van der Waals surface area (Å²) in [6.45, 7) is 3.33. The van der Waals surface area contributed by atoms with Crippen LogP contribution in [-0.4, -0.2) is 19.6 Å². The molecule has 0 aliphatic rings. The minimum absolute atomic E-state index is 0.0110. The molecule has 2 N–H and O–H groups in total. The molecule has 0 aromatic carbocycles. The van der Waals surface area contributed by atoms with E-state index in [4.69, 9.17) is 9.52 Å². The molecule has 1 rings (SSSR count). The highest BCUT2D eigenvalue weighted by molar-refractivity contribution is 9.10. The molecule has 92 valence electrons. The lowest BCUT2D eigenvalue weighted by molar-refractivity contribution is 0.245. The van der Waals surface area contributed by atoms with Crippen molar-refractivity contribution >= 4 is 26.0 Å². The molecule has 0 saturated carbocycles. The van der Waals surface area contributed by atoms with Crippen LogP contribution in [0.1, 0.15) is 26.0 Å². The number of furan rings is 1. The Morgan fingerprint density at radius 3 is 2.69 bits per heavy atom. The van der Waals surface area contributed by atoms with Crippen molar-refractivity contribution in [3.63, 3.8) is 0 Å². The number of hydrogen-bond donors (Lipinski definition) is 2. The highest BCUT2D eigenvalue weighted by Gasteiger charge is 2.23. The summed E-state index contributed by atoms with van der Waals surface area (Å²) in [7, 11) is -3.59. The normalized spacial score (nSPS) is 14.0. The number of rotatable bonds is 5. The maximum atomic E-state index is 11.9. The molecule has 0 aliphatic carbocycles. The van der Waals surface area contributed by atoms with Crippen LogP contribution in [0.4, 0.5) is 0 Å². The molecule has 1 aromatic rings. The molecule has 1 heterocycles. The Morgan fingerprint density at radius 1 is 1.62 bits per heavy atom. The molecule has 5 nitrogen and oxygen atoms in total. The predicted molar refractivity (Wildman–Crippen MR) is 62.4 cm³/mol. The van der Waals surface area contributed by atoms with Gasteiger partial charge in [-0.25, -0.2) is 13.1 Å². The minimum atomic E-state index is -3.59. The van der Waals surface area contributed by atoms with Crippen LogP contribution in [0.25, 0.3) is 0 Å². The smallest absolute Gasteiger partial charge is 0.245 e. The minimum Gasteiger partial charge on any atom is -0.450 e. The molecule has 0 amide bonds. The number of sulfonamides is 1. The summed E-state index contributed by atoms with van der Waals surface area (Å²) >= 11 is 3.01. The van der Waals surface area contributed by atoms with Gasteiger partial charge in [-0.2, -0.15) is 0 Å². The standard InChI is InChI=1S/C9H14BrNO4S/c1-3-6(2)11-16(13,14)8-4-7(5-12)15-9(8)10/h4,6,11-12H,3,5H2,1-2H3. The summed E-state index contributed by atoms with van der Waals surface area (Å²) in [4.78, 5) is 0.0110. The number of aliphatic hydroxyl groups excluding tert-OH is 1. The van der Waals surface area contributed by atoms with Crippen LogP contribution < -0.4 is 4.72 Å². The van der Waals surface area contributed by atoms with Crippen molar-refractivity contribution in [1.82, 2.24) is 4.72 Å². The molecule has 0 radical (unpaired) electrons. The van der Waals surface area contributed by atoms with Gasteiger partial charge >= 0.3 is 0 Å². The van der Waals surface area contributed by atoms with E-state index in [1.807, 2.05) is 6.92 Å². The topological polar surface area (TPSA) is 79.5 Å². The first kappa shape index (κ1) is 13.7.